The van der Waals surface area contributed by atoms with Crippen LogP contribution in [0, 0.1) is 12.8 Å². The maximum Gasteiger partial charge on any atom is 0.405 e. The maximum atomic E-state index is 12.7. The predicted molar refractivity (Wildman–Crippen MR) is 102 cm³/mol. The number of alkyl halides is 3. The molecule has 1 saturated heterocycles. The van der Waals surface area contributed by atoms with Crippen LogP contribution in [-0.4, -0.2) is 48.4 Å². The van der Waals surface area contributed by atoms with E-state index in [2.05, 4.69) is 5.32 Å². The van der Waals surface area contributed by atoms with Crippen molar-refractivity contribution in [3.63, 3.8) is 0 Å². The zero-order chi connectivity index (χ0) is 21.6. The first-order valence-corrected chi connectivity index (χ1v) is 9.65. The smallest absolute Gasteiger partial charge is 0.343 e. The molecule has 1 aliphatic heterocycles. The first-order chi connectivity index (χ1) is 13.6. The van der Waals surface area contributed by atoms with Gasteiger partial charge in [-0.3, -0.25) is 14.4 Å². The predicted octanol–water partition coefficient (Wildman–Crippen LogP) is 3.26. The fourth-order valence-corrected chi connectivity index (χ4v) is 3.20. The van der Waals surface area contributed by atoms with Crippen LogP contribution in [0.5, 0.6) is 0 Å². The number of carbonyl (C=O) groups excluding carboxylic acids is 3. The van der Waals surface area contributed by atoms with Crippen LogP contribution >= 0.6 is 0 Å². The minimum atomic E-state index is -4.50. The van der Waals surface area contributed by atoms with Crippen molar-refractivity contribution in [2.75, 3.05) is 25.0 Å². The third-order valence-electron chi connectivity index (χ3n) is 4.82. The molecule has 3 amide bonds. The molecule has 9 heteroatoms. The summed E-state index contributed by atoms with van der Waals surface area (Å²) >= 11 is 0. The van der Waals surface area contributed by atoms with E-state index in [0.717, 1.165) is 12.8 Å². The molecular formula is C20H26F3N3O3. The van der Waals surface area contributed by atoms with Crippen molar-refractivity contribution in [1.82, 2.24) is 10.2 Å². The number of nitrogens with one attached hydrogen (secondary N) is 2. The van der Waals surface area contributed by atoms with Crippen molar-refractivity contribution in [2.24, 2.45) is 5.92 Å². The topological polar surface area (TPSA) is 78.5 Å². The molecule has 2 N–H and O–H groups in total. The Morgan fingerprint density at radius 2 is 1.97 bits per heavy atom. The molecule has 160 valence electrons. The molecule has 29 heavy (non-hydrogen) atoms. The number of likely N-dealkylation sites (tertiary alicyclic amines) is 1. The first-order valence-electron chi connectivity index (χ1n) is 9.65. The van der Waals surface area contributed by atoms with Gasteiger partial charge in [0.15, 0.2) is 0 Å². The summed E-state index contributed by atoms with van der Waals surface area (Å²) < 4.78 is 36.9. The Labute approximate surface area is 167 Å². The Kier molecular flexibility index (Phi) is 7.64. The molecule has 1 unspecified atom stereocenters. The Morgan fingerprint density at radius 3 is 2.62 bits per heavy atom. The van der Waals surface area contributed by atoms with Crippen LogP contribution in [0.2, 0.25) is 0 Å². The SMILES string of the molecule is CCCC(=O)N1CCCC(C(=O)Nc2cc(C(=O)NCC(F)(F)F)ccc2C)C1. The van der Waals surface area contributed by atoms with E-state index in [4.69, 9.17) is 0 Å². The molecule has 0 radical (unpaired) electrons. The van der Waals surface area contributed by atoms with Crippen LogP contribution in [0.1, 0.15) is 48.5 Å². The highest BCUT2D eigenvalue weighted by atomic mass is 19.4. The number of anilines is 1. The molecule has 0 aromatic heterocycles. The van der Waals surface area contributed by atoms with E-state index in [9.17, 15) is 27.6 Å². The van der Waals surface area contributed by atoms with E-state index in [-0.39, 0.29) is 23.3 Å². The van der Waals surface area contributed by atoms with E-state index in [0.29, 0.717) is 37.2 Å². The number of halogens is 3. The number of hydrogen-bond donors (Lipinski definition) is 2. The lowest BCUT2D eigenvalue weighted by Gasteiger charge is -2.32. The summed E-state index contributed by atoms with van der Waals surface area (Å²) in [6.45, 7) is 3.20. The van der Waals surface area contributed by atoms with Gasteiger partial charge in [0.05, 0.1) is 5.92 Å². The molecule has 1 aromatic carbocycles. The monoisotopic (exact) mass is 413 g/mol. The molecule has 0 bridgehead atoms. The number of hydrogen-bond acceptors (Lipinski definition) is 3. The lowest BCUT2D eigenvalue weighted by atomic mass is 9.96. The summed E-state index contributed by atoms with van der Waals surface area (Å²) in [7, 11) is 0. The van der Waals surface area contributed by atoms with Crippen molar-refractivity contribution < 1.29 is 27.6 Å². The fourth-order valence-electron chi connectivity index (χ4n) is 3.20. The van der Waals surface area contributed by atoms with E-state index >= 15 is 0 Å². The summed E-state index contributed by atoms with van der Waals surface area (Å²) in [5.74, 6) is -1.47. The zero-order valence-corrected chi connectivity index (χ0v) is 16.6. The van der Waals surface area contributed by atoms with Crippen molar-refractivity contribution in [2.45, 2.75) is 45.7 Å². The highest BCUT2D eigenvalue weighted by molar-refractivity contribution is 5.98. The average Bonchev–Trinajstić information content (AvgIpc) is 2.67. The Hall–Kier alpha value is -2.58. The highest BCUT2D eigenvalue weighted by Gasteiger charge is 2.29. The minimum Gasteiger partial charge on any atom is -0.343 e. The van der Waals surface area contributed by atoms with Gasteiger partial charge in [-0.2, -0.15) is 13.2 Å². The van der Waals surface area contributed by atoms with Crippen molar-refractivity contribution in [3.05, 3.63) is 29.3 Å². The fraction of sp³-hybridized carbons (Fsp3) is 0.550. The van der Waals surface area contributed by atoms with Crippen LogP contribution in [0.3, 0.4) is 0 Å². The van der Waals surface area contributed by atoms with Gasteiger partial charge >= 0.3 is 6.18 Å². The molecule has 2 rings (SSSR count). The quantitative estimate of drug-likeness (QED) is 0.751. The number of aryl methyl sites for hydroxylation is 1. The third-order valence-corrected chi connectivity index (χ3v) is 4.82. The minimum absolute atomic E-state index is 0.0264. The standard InChI is InChI=1S/C20H26F3N3O3/c1-3-5-17(27)26-9-4-6-15(11-26)19(29)25-16-10-14(8-7-13(16)2)18(28)24-12-20(21,22)23/h7-8,10,15H,3-6,9,11-12H2,1-2H3,(H,24,28)(H,25,29). The molecule has 1 aromatic rings. The second kappa shape index (κ2) is 9.76. The van der Waals surface area contributed by atoms with Gasteiger partial charge in [-0.1, -0.05) is 13.0 Å². The van der Waals surface area contributed by atoms with Crippen molar-refractivity contribution in [3.8, 4) is 0 Å². The molecule has 1 heterocycles. The molecular weight excluding hydrogens is 387 g/mol. The van der Waals surface area contributed by atoms with Crippen molar-refractivity contribution >= 4 is 23.4 Å². The molecule has 0 spiro atoms. The van der Waals surface area contributed by atoms with Crippen molar-refractivity contribution in [1.29, 1.82) is 0 Å². The average molecular weight is 413 g/mol. The highest BCUT2D eigenvalue weighted by Crippen LogP contribution is 2.22. The normalized spacial score (nSPS) is 17.0. The number of benzene rings is 1. The van der Waals surface area contributed by atoms with Gasteiger partial charge in [0.2, 0.25) is 11.8 Å². The Bertz CT molecular complexity index is 765. The van der Waals surface area contributed by atoms with Gasteiger partial charge in [-0.15, -0.1) is 0 Å². The van der Waals surface area contributed by atoms with Gasteiger partial charge in [0.25, 0.3) is 5.91 Å². The van der Waals surface area contributed by atoms with Crippen LogP contribution in [0.15, 0.2) is 18.2 Å². The van der Waals surface area contributed by atoms with Gasteiger partial charge in [-0.05, 0) is 43.9 Å². The zero-order valence-electron chi connectivity index (χ0n) is 16.6. The van der Waals surface area contributed by atoms with Gasteiger partial charge in [0.1, 0.15) is 6.54 Å². The molecule has 0 saturated carbocycles. The van der Waals surface area contributed by atoms with Crippen LogP contribution in [0.25, 0.3) is 0 Å². The van der Waals surface area contributed by atoms with E-state index in [1.807, 2.05) is 12.2 Å². The largest absolute Gasteiger partial charge is 0.405 e. The Morgan fingerprint density at radius 1 is 1.24 bits per heavy atom. The van der Waals surface area contributed by atoms with Crippen LogP contribution in [-0.2, 0) is 9.59 Å². The second-order valence-corrected chi connectivity index (χ2v) is 7.25. The molecule has 1 fully saturated rings. The number of rotatable bonds is 6. The summed E-state index contributed by atoms with van der Waals surface area (Å²) in [5, 5.41) is 4.57. The number of piperidine rings is 1. The van der Waals surface area contributed by atoms with Crippen LogP contribution < -0.4 is 10.6 Å². The first kappa shape index (κ1) is 22.7. The molecule has 0 aliphatic carbocycles. The maximum absolute atomic E-state index is 12.7. The van der Waals surface area contributed by atoms with Gasteiger partial charge in [-0.25, -0.2) is 0 Å². The van der Waals surface area contributed by atoms with Gasteiger partial charge < -0.3 is 15.5 Å². The van der Waals surface area contributed by atoms with E-state index < -0.39 is 18.6 Å². The Balaban J connectivity index is 2.04. The molecule has 6 nitrogen and oxygen atoms in total. The second-order valence-electron chi connectivity index (χ2n) is 7.25. The summed E-state index contributed by atoms with van der Waals surface area (Å²) in [6, 6.07) is 4.33. The third kappa shape index (κ3) is 6.76. The summed E-state index contributed by atoms with van der Waals surface area (Å²) in [6.07, 6.45) is -1.93. The number of carbonyl (C=O) groups is 3. The van der Waals surface area contributed by atoms with Crippen LogP contribution in [0.4, 0.5) is 18.9 Å². The molecule has 1 aliphatic rings. The van der Waals surface area contributed by atoms with Gasteiger partial charge in [0, 0.05) is 30.8 Å². The number of nitrogens with zero attached hydrogens (tertiary/aromatic N) is 1. The summed E-state index contributed by atoms with van der Waals surface area (Å²) in [5.41, 5.74) is 1.07. The van der Waals surface area contributed by atoms with E-state index in [1.165, 1.54) is 12.1 Å². The summed E-state index contributed by atoms with van der Waals surface area (Å²) in [4.78, 5) is 38.4. The molecule has 1 atom stereocenters. The number of amides is 3. The lowest BCUT2D eigenvalue weighted by molar-refractivity contribution is -0.134. The lowest BCUT2D eigenvalue weighted by Crippen LogP contribution is -2.43. The van der Waals surface area contributed by atoms with E-state index in [1.54, 1.807) is 17.9 Å².